The first-order valence-electron chi connectivity index (χ1n) is 7.19. The van der Waals surface area contributed by atoms with Crippen molar-refractivity contribution in [1.29, 1.82) is 0 Å². The quantitative estimate of drug-likeness (QED) is 0.844. The zero-order chi connectivity index (χ0) is 13.5. The van der Waals surface area contributed by atoms with Gasteiger partial charge < -0.3 is 14.6 Å². The van der Waals surface area contributed by atoms with E-state index in [1.54, 1.807) is 0 Å². The van der Waals surface area contributed by atoms with Crippen LogP contribution in [0.1, 0.15) is 47.4 Å². The summed E-state index contributed by atoms with van der Waals surface area (Å²) in [6.07, 6.45) is 4.64. The van der Waals surface area contributed by atoms with Crippen molar-refractivity contribution in [2.75, 3.05) is 19.7 Å². The van der Waals surface area contributed by atoms with Gasteiger partial charge in [-0.1, -0.05) is 12.8 Å². The number of carbonyl (C=O) groups excluding carboxylic acids is 1. The molecule has 1 saturated heterocycles. The number of nitrogens with one attached hydrogen (secondary N) is 1. The minimum absolute atomic E-state index is 0.0521. The molecule has 1 aliphatic carbocycles. The zero-order valence-electron chi connectivity index (χ0n) is 11.8. The maximum atomic E-state index is 12.6. The van der Waals surface area contributed by atoms with E-state index < -0.39 is 0 Å². The number of morpholine rings is 1. The van der Waals surface area contributed by atoms with E-state index in [4.69, 9.17) is 4.74 Å². The van der Waals surface area contributed by atoms with Gasteiger partial charge >= 0.3 is 0 Å². The molecule has 0 atom stereocenters. The Hall–Kier alpha value is -1.29. The molecule has 104 valence electrons. The van der Waals surface area contributed by atoms with E-state index in [1.165, 1.54) is 12.8 Å². The Morgan fingerprint density at radius 3 is 2.74 bits per heavy atom. The number of rotatable bonds is 1. The van der Waals surface area contributed by atoms with Crippen LogP contribution >= 0.6 is 0 Å². The topological polar surface area (TPSA) is 45.3 Å². The largest absolute Gasteiger partial charge is 0.371 e. The molecule has 2 aliphatic rings. The van der Waals surface area contributed by atoms with Gasteiger partial charge in [0.1, 0.15) is 5.69 Å². The molecule has 4 nitrogen and oxygen atoms in total. The van der Waals surface area contributed by atoms with E-state index in [0.29, 0.717) is 13.2 Å². The molecule has 1 aliphatic heterocycles. The number of hydrogen-bond donors (Lipinski definition) is 1. The Morgan fingerprint density at radius 2 is 2.11 bits per heavy atom. The molecular formula is C15H22N2O2. The van der Waals surface area contributed by atoms with Crippen molar-refractivity contribution in [2.45, 2.75) is 45.1 Å². The number of aromatic amines is 1. The smallest absolute Gasteiger partial charge is 0.270 e. The van der Waals surface area contributed by atoms with Crippen LogP contribution in [-0.4, -0.2) is 41.1 Å². The third kappa shape index (κ3) is 2.29. The molecule has 1 N–H and O–H groups in total. The summed E-state index contributed by atoms with van der Waals surface area (Å²) >= 11 is 0. The van der Waals surface area contributed by atoms with Gasteiger partial charge in [0.25, 0.3) is 5.91 Å². The monoisotopic (exact) mass is 262 g/mol. The van der Waals surface area contributed by atoms with Crippen LogP contribution in [0.15, 0.2) is 6.07 Å². The minimum Gasteiger partial charge on any atom is -0.371 e. The fraction of sp³-hybridized carbons (Fsp3) is 0.667. The maximum absolute atomic E-state index is 12.6. The van der Waals surface area contributed by atoms with Gasteiger partial charge in [0.05, 0.1) is 18.8 Å². The standard InChI is InChI=1S/C15H22N2O2/c1-11-9-12(2)16-13(11)14(18)17-7-8-19-15(10-17)5-3-4-6-15/h9,16H,3-8,10H2,1-2H3. The van der Waals surface area contributed by atoms with Gasteiger partial charge in [-0.15, -0.1) is 0 Å². The predicted octanol–water partition coefficient (Wildman–Crippen LogP) is 2.42. The van der Waals surface area contributed by atoms with Gasteiger partial charge in [0.2, 0.25) is 0 Å². The highest BCUT2D eigenvalue weighted by Crippen LogP contribution is 2.36. The third-order valence-corrected chi connectivity index (χ3v) is 4.41. The molecule has 1 aromatic heterocycles. The number of aromatic nitrogens is 1. The van der Waals surface area contributed by atoms with Crippen LogP contribution in [0.2, 0.25) is 0 Å². The Morgan fingerprint density at radius 1 is 1.37 bits per heavy atom. The van der Waals surface area contributed by atoms with Gasteiger partial charge in [-0.3, -0.25) is 4.79 Å². The van der Waals surface area contributed by atoms with Crippen LogP contribution in [0, 0.1) is 13.8 Å². The fourth-order valence-electron chi connectivity index (χ4n) is 3.45. The highest BCUT2D eigenvalue weighted by atomic mass is 16.5. The highest BCUT2D eigenvalue weighted by Gasteiger charge is 2.41. The maximum Gasteiger partial charge on any atom is 0.270 e. The van der Waals surface area contributed by atoms with Crippen LogP contribution < -0.4 is 0 Å². The summed E-state index contributed by atoms with van der Waals surface area (Å²) in [5, 5.41) is 0. The Kier molecular flexibility index (Phi) is 3.13. The lowest BCUT2D eigenvalue weighted by atomic mass is 9.99. The molecule has 0 radical (unpaired) electrons. The van der Waals surface area contributed by atoms with Gasteiger partial charge in [-0.25, -0.2) is 0 Å². The van der Waals surface area contributed by atoms with Gasteiger partial charge in [0.15, 0.2) is 0 Å². The normalized spacial score (nSPS) is 22.1. The zero-order valence-corrected chi connectivity index (χ0v) is 11.8. The summed E-state index contributed by atoms with van der Waals surface area (Å²) in [4.78, 5) is 17.8. The fourth-order valence-corrected chi connectivity index (χ4v) is 3.45. The number of nitrogens with zero attached hydrogens (tertiary/aromatic N) is 1. The summed E-state index contributed by atoms with van der Waals surface area (Å²) in [6.45, 7) is 6.11. The van der Waals surface area contributed by atoms with Crippen molar-refractivity contribution in [3.8, 4) is 0 Å². The summed E-state index contributed by atoms with van der Waals surface area (Å²) < 4.78 is 5.97. The molecule has 0 unspecified atom stereocenters. The Labute approximate surface area is 114 Å². The lowest BCUT2D eigenvalue weighted by molar-refractivity contribution is -0.0949. The van der Waals surface area contributed by atoms with Crippen molar-refractivity contribution in [2.24, 2.45) is 0 Å². The first-order valence-corrected chi connectivity index (χ1v) is 7.19. The van der Waals surface area contributed by atoms with Crippen LogP contribution in [-0.2, 0) is 4.74 Å². The number of H-pyrrole nitrogens is 1. The van der Waals surface area contributed by atoms with Crippen LogP contribution in [0.3, 0.4) is 0 Å². The minimum atomic E-state index is -0.0521. The van der Waals surface area contributed by atoms with Crippen molar-refractivity contribution >= 4 is 5.91 Å². The summed E-state index contributed by atoms with van der Waals surface area (Å²) in [5.74, 6) is 0.125. The number of carbonyl (C=O) groups is 1. The lowest BCUT2D eigenvalue weighted by Gasteiger charge is -2.40. The SMILES string of the molecule is Cc1cc(C)c(C(=O)N2CCOC3(CCCC3)C2)[nH]1. The summed E-state index contributed by atoms with van der Waals surface area (Å²) in [6, 6.07) is 2.03. The second-order valence-electron chi connectivity index (χ2n) is 5.98. The third-order valence-electron chi connectivity index (χ3n) is 4.41. The first-order chi connectivity index (χ1) is 9.10. The Bertz CT molecular complexity index is 486. The Balaban J connectivity index is 1.78. The molecule has 1 amide bonds. The van der Waals surface area contributed by atoms with E-state index in [-0.39, 0.29) is 11.5 Å². The average molecular weight is 262 g/mol. The predicted molar refractivity (Wildman–Crippen MR) is 73.3 cm³/mol. The van der Waals surface area contributed by atoms with Crippen molar-refractivity contribution < 1.29 is 9.53 Å². The molecule has 3 rings (SSSR count). The van der Waals surface area contributed by atoms with Crippen LogP contribution in [0.5, 0.6) is 0 Å². The second kappa shape index (κ2) is 4.67. The average Bonchev–Trinajstić information content (AvgIpc) is 2.96. The summed E-state index contributed by atoms with van der Waals surface area (Å²) in [7, 11) is 0. The molecule has 4 heteroatoms. The number of aryl methyl sites for hydroxylation is 2. The van der Waals surface area contributed by atoms with Gasteiger partial charge in [-0.05, 0) is 38.3 Å². The molecule has 1 spiro atoms. The van der Waals surface area contributed by atoms with Gasteiger partial charge in [0, 0.05) is 12.2 Å². The second-order valence-corrected chi connectivity index (χ2v) is 5.98. The van der Waals surface area contributed by atoms with Gasteiger partial charge in [-0.2, -0.15) is 0 Å². The number of hydrogen-bond acceptors (Lipinski definition) is 2. The summed E-state index contributed by atoms with van der Waals surface area (Å²) in [5.41, 5.74) is 2.77. The molecule has 1 saturated carbocycles. The number of ether oxygens (including phenoxy) is 1. The lowest BCUT2D eigenvalue weighted by Crippen LogP contribution is -2.52. The van der Waals surface area contributed by atoms with Crippen LogP contribution in [0.25, 0.3) is 0 Å². The van der Waals surface area contributed by atoms with E-state index in [1.807, 2.05) is 24.8 Å². The molecule has 2 fully saturated rings. The first kappa shape index (κ1) is 12.7. The highest BCUT2D eigenvalue weighted by molar-refractivity contribution is 5.94. The molecule has 2 heterocycles. The van der Waals surface area contributed by atoms with E-state index >= 15 is 0 Å². The molecule has 0 bridgehead atoms. The van der Waals surface area contributed by atoms with E-state index in [2.05, 4.69) is 4.98 Å². The van der Waals surface area contributed by atoms with Crippen LogP contribution in [0.4, 0.5) is 0 Å². The molecule has 0 aromatic carbocycles. The molecule has 19 heavy (non-hydrogen) atoms. The molecule has 1 aromatic rings. The molecular weight excluding hydrogens is 240 g/mol. The van der Waals surface area contributed by atoms with Crippen molar-refractivity contribution in [3.05, 3.63) is 23.0 Å². The number of amides is 1. The van der Waals surface area contributed by atoms with E-state index in [0.717, 1.165) is 36.3 Å². The van der Waals surface area contributed by atoms with Crippen molar-refractivity contribution in [3.63, 3.8) is 0 Å². The van der Waals surface area contributed by atoms with Crippen molar-refractivity contribution in [1.82, 2.24) is 9.88 Å². The van der Waals surface area contributed by atoms with E-state index in [9.17, 15) is 4.79 Å².